The molecular weight excluding hydrogens is 534 g/mol. The van der Waals surface area contributed by atoms with Gasteiger partial charge < -0.3 is 20.7 Å². The Morgan fingerprint density at radius 2 is 1.49 bits per heavy atom. The summed E-state index contributed by atoms with van der Waals surface area (Å²) >= 11 is 1.33. The highest BCUT2D eigenvalue weighted by molar-refractivity contribution is 7.99. The lowest BCUT2D eigenvalue weighted by atomic mass is 9.80. The zero-order valence-corrected chi connectivity index (χ0v) is 24.4. The number of anilines is 1. The van der Waals surface area contributed by atoms with Crippen LogP contribution >= 0.6 is 11.8 Å². The van der Waals surface area contributed by atoms with Gasteiger partial charge in [0.05, 0.1) is 28.9 Å². The van der Waals surface area contributed by atoms with Crippen molar-refractivity contribution in [1.82, 2.24) is 0 Å². The molecule has 0 radical (unpaired) electrons. The van der Waals surface area contributed by atoms with Crippen molar-refractivity contribution < 1.29 is 24.5 Å². The summed E-state index contributed by atoms with van der Waals surface area (Å²) in [6.45, 7) is 9.12. The first-order valence-electron chi connectivity index (χ1n) is 13.6. The molecule has 7 heteroatoms. The lowest BCUT2D eigenvalue weighted by Crippen LogP contribution is -2.24. The Hall–Kier alpha value is -4.23. The number of aromatic hydroxyl groups is 2. The Labute approximate surface area is 244 Å². The molecule has 0 bridgehead atoms. The molecule has 5 rings (SSSR count). The van der Waals surface area contributed by atoms with Crippen LogP contribution in [-0.2, 0) is 5.41 Å². The SMILES string of the molecule is CCCCOc1ccc(-c2cc(Sc3ccc(C(C)(C)C)cc3)c3c(c2O)C(=O)c2c(O)ccc(N)c2C3=O)cc1. The van der Waals surface area contributed by atoms with E-state index in [9.17, 15) is 19.8 Å². The second-order valence-electron chi connectivity index (χ2n) is 11.2. The van der Waals surface area contributed by atoms with E-state index in [1.165, 1.54) is 29.5 Å². The predicted molar refractivity (Wildman–Crippen MR) is 163 cm³/mol. The van der Waals surface area contributed by atoms with Gasteiger partial charge in [-0.3, -0.25) is 9.59 Å². The van der Waals surface area contributed by atoms with Gasteiger partial charge in [-0.2, -0.15) is 0 Å². The van der Waals surface area contributed by atoms with Crippen LogP contribution in [0.2, 0.25) is 0 Å². The van der Waals surface area contributed by atoms with Crippen LogP contribution in [0, 0.1) is 0 Å². The molecule has 6 nitrogen and oxygen atoms in total. The van der Waals surface area contributed by atoms with Crippen molar-refractivity contribution in [1.29, 1.82) is 0 Å². The average molecular weight is 568 g/mol. The zero-order chi connectivity index (χ0) is 29.5. The van der Waals surface area contributed by atoms with Crippen molar-refractivity contribution in [3.05, 3.63) is 94.5 Å². The lowest BCUT2D eigenvalue weighted by Gasteiger charge is -2.24. The van der Waals surface area contributed by atoms with E-state index in [2.05, 4.69) is 27.7 Å². The van der Waals surface area contributed by atoms with Crippen LogP contribution in [0.5, 0.6) is 17.2 Å². The number of ketones is 2. The fourth-order valence-electron chi connectivity index (χ4n) is 4.94. The molecule has 0 saturated heterocycles. The van der Waals surface area contributed by atoms with Gasteiger partial charge in [-0.05, 0) is 65.4 Å². The average Bonchev–Trinajstić information content (AvgIpc) is 2.94. The molecule has 41 heavy (non-hydrogen) atoms. The van der Waals surface area contributed by atoms with Crippen LogP contribution in [0.25, 0.3) is 11.1 Å². The first-order valence-corrected chi connectivity index (χ1v) is 14.4. The maximum Gasteiger partial charge on any atom is 0.202 e. The Morgan fingerprint density at radius 1 is 0.829 bits per heavy atom. The van der Waals surface area contributed by atoms with Crippen molar-refractivity contribution in [2.24, 2.45) is 0 Å². The first kappa shape index (κ1) is 28.3. The van der Waals surface area contributed by atoms with Crippen molar-refractivity contribution in [2.45, 2.75) is 55.7 Å². The minimum absolute atomic E-state index is 0.0217. The molecule has 0 aliphatic heterocycles. The maximum absolute atomic E-state index is 13.9. The summed E-state index contributed by atoms with van der Waals surface area (Å²) in [5.41, 5.74) is 8.11. The molecule has 0 heterocycles. The van der Waals surface area contributed by atoms with Crippen LogP contribution in [0.3, 0.4) is 0 Å². The van der Waals surface area contributed by atoms with Gasteiger partial charge in [-0.25, -0.2) is 0 Å². The van der Waals surface area contributed by atoms with Crippen LogP contribution in [0.4, 0.5) is 5.69 Å². The molecule has 1 aliphatic carbocycles. The number of unbranched alkanes of at least 4 members (excludes halogenated alkanes) is 1. The van der Waals surface area contributed by atoms with Gasteiger partial charge in [0.15, 0.2) is 5.78 Å². The molecule has 210 valence electrons. The summed E-state index contributed by atoms with van der Waals surface area (Å²) in [6, 6.07) is 19.7. The molecule has 0 fully saturated rings. The predicted octanol–water partition coefficient (Wildman–Crippen LogP) is 7.75. The number of carbonyl (C=O) groups excluding carboxylic acids is 2. The van der Waals surface area contributed by atoms with Crippen molar-refractivity contribution in [3.8, 4) is 28.4 Å². The standard InChI is InChI=1S/C34H33NO5S/c1-5-6-17-40-21-11-7-19(8-12-21)23-18-26(41-22-13-9-20(10-14-22)34(2,3)4)29-30(31(23)37)33(39)28-25(36)16-15-24(35)27(28)32(29)38/h7-16,18,36-37H,5-6,17,35H2,1-4H3. The number of ether oxygens (including phenoxy) is 1. The Morgan fingerprint density at radius 3 is 2.12 bits per heavy atom. The quantitative estimate of drug-likeness (QED) is 0.105. The molecule has 0 saturated carbocycles. The highest BCUT2D eigenvalue weighted by Gasteiger charge is 2.39. The molecule has 4 N–H and O–H groups in total. The number of rotatable bonds is 7. The van der Waals surface area contributed by atoms with Gasteiger partial charge in [-0.1, -0.05) is 70.1 Å². The molecule has 4 aromatic rings. The first-order chi connectivity index (χ1) is 19.5. The van der Waals surface area contributed by atoms with Crippen molar-refractivity contribution >= 4 is 29.0 Å². The summed E-state index contributed by atoms with van der Waals surface area (Å²) in [5.74, 6) is -1.14. The number of carbonyl (C=O) groups is 2. The molecule has 0 unspecified atom stereocenters. The largest absolute Gasteiger partial charge is 0.507 e. The van der Waals surface area contributed by atoms with E-state index in [1.807, 2.05) is 48.5 Å². The Bertz CT molecular complexity index is 1650. The van der Waals surface area contributed by atoms with E-state index in [4.69, 9.17) is 10.5 Å². The highest BCUT2D eigenvalue weighted by Crippen LogP contribution is 2.48. The van der Waals surface area contributed by atoms with Crippen LogP contribution in [0.15, 0.2) is 76.5 Å². The van der Waals surface area contributed by atoms with E-state index >= 15 is 0 Å². The van der Waals surface area contributed by atoms with Crippen LogP contribution < -0.4 is 10.5 Å². The van der Waals surface area contributed by atoms with Crippen LogP contribution in [-0.4, -0.2) is 28.4 Å². The number of hydrogen-bond acceptors (Lipinski definition) is 7. The van der Waals surface area contributed by atoms with Crippen molar-refractivity contribution in [3.63, 3.8) is 0 Å². The molecular formula is C34H33NO5S. The number of phenolic OH excluding ortho intramolecular Hbond substituents is 2. The van der Waals surface area contributed by atoms with E-state index in [0.717, 1.165) is 17.7 Å². The van der Waals surface area contributed by atoms with Gasteiger partial charge in [0, 0.05) is 21.0 Å². The normalized spacial score (nSPS) is 12.7. The minimum Gasteiger partial charge on any atom is -0.507 e. The van der Waals surface area contributed by atoms with Gasteiger partial charge in [0.25, 0.3) is 0 Å². The molecule has 0 atom stereocenters. The summed E-state index contributed by atoms with van der Waals surface area (Å²) in [7, 11) is 0. The van der Waals surface area contributed by atoms with E-state index in [-0.39, 0.29) is 44.9 Å². The van der Waals surface area contributed by atoms with E-state index in [0.29, 0.717) is 28.4 Å². The maximum atomic E-state index is 13.9. The minimum atomic E-state index is -0.650. The van der Waals surface area contributed by atoms with Gasteiger partial charge in [0.2, 0.25) is 5.78 Å². The molecule has 4 aromatic carbocycles. The van der Waals surface area contributed by atoms with E-state index < -0.39 is 11.6 Å². The summed E-state index contributed by atoms with van der Waals surface area (Å²) in [5, 5.41) is 22.1. The topological polar surface area (TPSA) is 110 Å². The number of phenols is 2. The lowest BCUT2D eigenvalue weighted by molar-refractivity contribution is 0.0972. The fourth-order valence-corrected chi connectivity index (χ4v) is 5.94. The third kappa shape index (κ3) is 5.30. The van der Waals surface area contributed by atoms with Crippen LogP contribution in [0.1, 0.15) is 77.9 Å². The van der Waals surface area contributed by atoms with Crippen molar-refractivity contribution in [2.75, 3.05) is 12.3 Å². The number of hydrogen-bond donors (Lipinski definition) is 3. The molecule has 1 aliphatic rings. The molecule has 0 spiro atoms. The Kier molecular flexibility index (Phi) is 7.58. The molecule has 0 amide bonds. The summed E-state index contributed by atoms with van der Waals surface area (Å²) < 4.78 is 5.78. The monoisotopic (exact) mass is 567 g/mol. The molecule has 0 aromatic heterocycles. The second kappa shape index (κ2) is 11.0. The highest BCUT2D eigenvalue weighted by atomic mass is 32.2. The summed E-state index contributed by atoms with van der Waals surface area (Å²) in [4.78, 5) is 29.1. The third-order valence-electron chi connectivity index (χ3n) is 7.27. The number of benzene rings is 4. The Balaban J connectivity index is 1.66. The third-order valence-corrected chi connectivity index (χ3v) is 8.32. The van der Waals surface area contributed by atoms with Gasteiger partial charge in [0.1, 0.15) is 17.2 Å². The second-order valence-corrected chi connectivity index (χ2v) is 12.3. The number of nitrogen functional groups attached to an aromatic ring is 1. The van der Waals surface area contributed by atoms with Gasteiger partial charge in [-0.15, -0.1) is 0 Å². The van der Waals surface area contributed by atoms with Gasteiger partial charge >= 0.3 is 0 Å². The summed E-state index contributed by atoms with van der Waals surface area (Å²) in [6.07, 6.45) is 1.97. The smallest absolute Gasteiger partial charge is 0.202 e. The van der Waals surface area contributed by atoms with E-state index in [1.54, 1.807) is 6.07 Å². The fraction of sp³-hybridized carbons (Fsp3) is 0.235. The zero-order valence-electron chi connectivity index (χ0n) is 23.6. The number of nitrogens with two attached hydrogens (primary N) is 1. The number of fused-ring (bicyclic) bond motifs is 2.